The van der Waals surface area contributed by atoms with E-state index in [0.717, 1.165) is 6.42 Å². The summed E-state index contributed by atoms with van der Waals surface area (Å²) in [7, 11) is 1.96. The predicted octanol–water partition coefficient (Wildman–Crippen LogP) is 1.82. The maximum atomic E-state index is 5.52. The standard InChI is InChI=1S/C13H26N6O/c1-8(2)7-10(5)19(6)12-15-11(18-14)16-13(17-12)20-9(3)4/h8-10H,7,14H2,1-6H3,(H,15,16,17,18). The summed E-state index contributed by atoms with van der Waals surface area (Å²) in [6, 6.07) is 0.594. The summed E-state index contributed by atoms with van der Waals surface area (Å²) in [4.78, 5) is 14.7. The number of ether oxygens (including phenoxy) is 1. The lowest BCUT2D eigenvalue weighted by molar-refractivity contribution is 0.222. The Morgan fingerprint density at radius 3 is 2.30 bits per heavy atom. The van der Waals surface area contributed by atoms with Crippen molar-refractivity contribution in [1.82, 2.24) is 15.0 Å². The largest absolute Gasteiger partial charge is 0.461 e. The minimum Gasteiger partial charge on any atom is -0.461 e. The van der Waals surface area contributed by atoms with E-state index < -0.39 is 0 Å². The van der Waals surface area contributed by atoms with E-state index in [2.05, 4.69) is 41.1 Å². The van der Waals surface area contributed by atoms with Gasteiger partial charge in [-0.15, -0.1) is 0 Å². The first-order valence-electron chi connectivity index (χ1n) is 6.95. The van der Waals surface area contributed by atoms with Gasteiger partial charge in [-0.25, -0.2) is 5.84 Å². The van der Waals surface area contributed by atoms with E-state index in [-0.39, 0.29) is 12.1 Å². The summed E-state index contributed by atoms with van der Waals surface area (Å²) in [5, 5.41) is 0. The molecule has 114 valence electrons. The van der Waals surface area contributed by atoms with E-state index in [4.69, 9.17) is 10.6 Å². The highest BCUT2D eigenvalue weighted by molar-refractivity contribution is 5.37. The van der Waals surface area contributed by atoms with Crippen LogP contribution in [0, 0.1) is 5.92 Å². The minimum atomic E-state index is -0.00531. The van der Waals surface area contributed by atoms with Gasteiger partial charge in [0.2, 0.25) is 11.9 Å². The molecule has 7 heteroatoms. The van der Waals surface area contributed by atoms with Crippen molar-refractivity contribution < 1.29 is 4.74 Å². The monoisotopic (exact) mass is 282 g/mol. The Bertz CT molecular complexity index is 423. The van der Waals surface area contributed by atoms with Crippen LogP contribution in [0.1, 0.15) is 41.0 Å². The molecule has 0 aliphatic heterocycles. The fraction of sp³-hybridized carbons (Fsp3) is 0.769. The average molecular weight is 282 g/mol. The number of nitrogens with two attached hydrogens (primary N) is 1. The molecule has 3 N–H and O–H groups in total. The lowest BCUT2D eigenvalue weighted by Crippen LogP contribution is -2.32. The molecule has 1 atom stereocenters. The van der Waals surface area contributed by atoms with Crippen LogP contribution in [0.5, 0.6) is 6.01 Å². The van der Waals surface area contributed by atoms with E-state index in [1.165, 1.54) is 0 Å². The van der Waals surface area contributed by atoms with Gasteiger partial charge < -0.3 is 9.64 Å². The summed E-state index contributed by atoms with van der Waals surface area (Å²) >= 11 is 0. The first-order chi connectivity index (χ1) is 9.33. The molecule has 0 amide bonds. The van der Waals surface area contributed by atoms with Crippen LogP contribution in [0.3, 0.4) is 0 Å². The van der Waals surface area contributed by atoms with Crippen molar-refractivity contribution in [3.05, 3.63) is 0 Å². The molecule has 0 fully saturated rings. The Hall–Kier alpha value is -1.63. The van der Waals surface area contributed by atoms with Gasteiger partial charge in [-0.3, -0.25) is 5.43 Å². The molecule has 0 aromatic carbocycles. The fourth-order valence-corrected chi connectivity index (χ4v) is 1.87. The van der Waals surface area contributed by atoms with Crippen LogP contribution in [0.4, 0.5) is 11.9 Å². The molecule has 1 aromatic heterocycles. The second-order valence-corrected chi connectivity index (χ2v) is 5.64. The van der Waals surface area contributed by atoms with Crippen LogP contribution >= 0.6 is 0 Å². The van der Waals surface area contributed by atoms with E-state index in [1.54, 1.807) is 0 Å². The summed E-state index contributed by atoms with van der Waals surface area (Å²) in [6.45, 7) is 10.4. The second kappa shape index (κ2) is 7.23. The number of hydrazine groups is 1. The van der Waals surface area contributed by atoms with E-state index in [1.807, 2.05) is 25.8 Å². The number of aromatic nitrogens is 3. The molecule has 1 unspecified atom stereocenters. The second-order valence-electron chi connectivity index (χ2n) is 5.64. The van der Waals surface area contributed by atoms with Crippen LogP contribution in [0.2, 0.25) is 0 Å². The van der Waals surface area contributed by atoms with Crippen molar-refractivity contribution in [2.45, 2.75) is 53.2 Å². The Morgan fingerprint density at radius 1 is 1.15 bits per heavy atom. The number of nitrogens with zero attached hydrogens (tertiary/aromatic N) is 4. The third kappa shape index (κ3) is 4.80. The molecule has 0 aliphatic rings. The molecule has 1 rings (SSSR count). The molecule has 20 heavy (non-hydrogen) atoms. The Kier molecular flexibility index (Phi) is 5.94. The smallest absolute Gasteiger partial charge is 0.323 e. The molecular formula is C13H26N6O. The van der Waals surface area contributed by atoms with E-state index in [9.17, 15) is 0 Å². The van der Waals surface area contributed by atoms with Crippen molar-refractivity contribution >= 4 is 11.9 Å². The first kappa shape index (κ1) is 16.4. The van der Waals surface area contributed by atoms with Gasteiger partial charge in [0.15, 0.2) is 0 Å². The molecule has 0 radical (unpaired) electrons. The van der Waals surface area contributed by atoms with Crippen LogP contribution < -0.4 is 20.9 Å². The summed E-state index contributed by atoms with van der Waals surface area (Å²) in [6.07, 6.45) is 1.04. The van der Waals surface area contributed by atoms with Gasteiger partial charge in [0, 0.05) is 13.1 Å². The molecule has 0 saturated heterocycles. The maximum absolute atomic E-state index is 5.52. The van der Waals surface area contributed by atoms with Gasteiger partial charge in [0.1, 0.15) is 0 Å². The number of rotatable bonds is 7. The highest BCUT2D eigenvalue weighted by Crippen LogP contribution is 2.19. The van der Waals surface area contributed by atoms with Crippen LogP contribution in [-0.2, 0) is 0 Å². The quantitative estimate of drug-likeness (QED) is 0.582. The summed E-state index contributed by atoms with van der Waals surface area (Å²) in [5.74, 6) is 6.86. The Balaban J connectivity index is 2.97. The third-order valence-corrected chi connectivity index (χ3v) is 2.86. The van der Waals surface area contributed by atoms with Crippen LogP contribution in [0.15, 0.2) is 0 Å². The molecule has 7 nitrogen and oxygen atoms in total. The summed E-state index contributed by atoms with van der Waals surface area (Å²) < 4.78 is 5.52. The van der Waals surface area contributed by atoms with Crippen LogP contribution in [0.25, 0.3) is 0 Å². The number of anilines is 2. The number of hydrogen-bond acceptors (Lipinski definition) is 7. The van der Waals surface area contributed by atoms with Gasteiger partial charge in [-0.2, -0.15) is 15.0 Å². The maximum Gasteiger partial charge on any atom is 0.323 e. The Morgan fingerprint density at radius 2 is 1.80 bits per heavy atom. The number of nitrogen functional groups attached to an aromatic ring is 1. The number of nitrogens with one attached hydrogen (secondary N) is 1. The normalized spacial score (nSPS) is 12.7. The van der Waals surface area contributed by atoms with E-state index in [0.29, 0.717) is 23.9 Å². The SMILES string of the molecule is CC(C)CC(C)N(C)c1nc(NN)nc(OC(C)C)n1. The highest BCUT2D eigenvalue weighted by Gasteiger charge is 2.17. The first-order valence-corrected chi connectivity index (χ1v) is 6.95. The summed E-state index contributed by atoms with van der Waals surface area (Å²) in [5.41, 5.74) is 2.45. The topological polar surface area (TPSA) is 89.2 Å². The molecule has 0 aliphatic carbocycles. The van der Waals surface area contributed by atoms with Gasteiger partial charge in [-0.05, 0) is 33.1 Å². The van der Waals surface area contributed by atoms with Gasteiger partial charge in [0.25, 0.3) is 0 Å². The zero-order valence-corrected chi connectivity index (χ0v) is 13.2. The van der Waals surface area contributed by atoms with Crippen LogP contribution in [-0.4, -0.2) is 34.1 Å². The molecular weight excluding hydrogens is 256 g/mol. The molecule has 0 spiro atoms. The molecule has 0 saturated carbocycles. The van der Waals surface area contributed by atoms with Crippen molar-refractivity contribution in [1.29, 1.82) is 0 Å². The fourth-order valence-electron chi connectivity index (χ4n) is 1.87. The lowest BCUT2D eigenvalue weighted by Gasteiger charge is -2.26. The zero-order valence-electron chi connectivity index (χ0n) is 13.2. The minimum absolute atomic E-state index is 0.00531. The highest BCUT2D eigenvalue weighted by atomic mass is 16.5. The van der Waals surface area contributed by atoms with Crippen molar-refractivity contribution in [2.75, 3.05) is 17.4 Å². The van der Waals surface area contributed by atoms with Gasteiger partial charge >= 0.3 is 6.01 Å². The van der Waals surface area contributed by atoms with E-state index >= 15 is 0 Å². The molecule has 0 bridgehead atoms. The third-order valence-electron chi connectivity index (χ3n) is 2.86. The van der Waals surface area contributed by atoms with Gasteiger partial charge in [0.05, 0.1) is 6.10 Å². The Labute approximate surface area is 120 Å². The van der Waals surface area contributed by atoms with Crippen molar-refractivity contribution in [3.8, 4) is 6.01 Å². The van der Waals surface area contributed by atoms with Crippen molar-refractivity contribution in [2.24, 2.45) is 11.8 Å². The van der Waals surface area contributed by atoms with Gasteiger partial charge in [-0.1, -0.05) is 13.8 Å². The molecule has 1 aromatic rings. The average Bonchev–Trinajstić information content (AvgIpc) is 2.35. The lowest BCUT2D eigenvalue weighted by atomic mass is 10.0. The predicted molar refractivity (Wildman–Crippen MR) is 80.7 cm³/mol. The zero-order chi connectivity index (χ0) is 15.3. The molecule has 1 heterocycles. The number of hydrogen-bond donors (Lipinski definition) is 2. The van der Waals surface area contributed by atoms with Crippen molar-refractivity contribution in [3.63, 3.8) is 0 Å².